The molecular weight excluding hydrogens is 456 g/mol. The lowest BCUT2D eigenvalue weighted by Gasteiger charge is -2.25. The number of thioether (sulfide) groups is 1. The Hall–Kier alpha value is -2.36. The molecule has 0 saturated carbocycles. The maximum absolute atomic E-state index is 12.5. The summed E-state index contributed by atoms with van der Waals surface area (Å²) in [7, 11) is -3.04. The van der Waals surface area contributed by atoms with Crippen LogP contribution >= 0.6 is 23.4 Å². The number of halogens is 1. The molecule has 2 aliphatic heterocycles. The van der Waals surface area contributed by atoms with Crippen LogP contribution in [0.4, 0.5) is 5.69 Å². The van der Waals surface area contributed by atoms with Gasteiger partial charge in [-0.2, -0.15) is 0 Å². The van der Waals surface area contributed by atoms with Crippen molar-refractivity contribution in [2.24, 2.45) is 4.99 Å². The van der Waals surface area contributed by atoms with E-state index in [4.69, 9.17) is 16.6 Å². The number of amidine groups is 1. The standard InChI is InChI=1S/C21H19ClN4O3S2/c1-13-5-6-15(9-16(13)22)26(21-24-17-11-31(28,29)12-18(17)30-21)10-14-8-20(27)25-7-3-2-4-19(25)23-14/h2-9,17-18H,10-12H2,1H3/t17-,18+/m1/s1. The van der Waals surface area contributed by atoms with Crippen LogP contribution in [0.25, 0.3) is 5.65 Å². The van der Waals surface area contributed by atoms with E-state index in [-0.39, 0.29) is 28.4 Å². The molecule has 2 atom stereocenters. The van der Waals surface area contributed by atoms with Crippen molar-refractivity contribution >= 4 is 49.7 Å². The summed E-state index contributed by atoms with van der Waals surface area (Å²) in [6.45, 7) is 2.25. The van der Waals surface area contributed by atoms with E-state index in [1.807, 2.05) is 36.1 Å². The highest BCUT2D eigenvalue weighted by Crippen LogP contribution is 2.38. The molecule has 160 valence electrons. The highest BCUT2D eigenvalue weighted by Gasteiger charge is 2.44. The number of benzene rings is 1. The Morgan fingerprint density at radius 3 is 2.84 bits per heavy atom. The van der Waals surface area contributed by atoms with Gasteiger partial charge in [0.05, 0.1) is 29.8 Å². The number of aliphatic imine (C=N–C) groups is 1. The molecule has 5 rings (SSSR count). The van der Waals surface area contributed by atoms with Crippen LogP contribution in [0.5, 0.6) is 0 Å². The van der Waals surface area contributed by atoms with Crippen molar-refractivity contribution in [3.63, 3.8) is 0 Å². The van der Waals surface area contributed by atoms with Gasteiger partial charge in [-0.3, -0.25) is 14.2 Å². The minimum absolute atomic E-state index is 0.0756. The van der Waals surface area contributed by atoms with Crippen LogP contribution in [0.1, 0.15) is 11.3 Å². The molecule has 0 aliphatic carbocycles. The first kappa shape index (κ1) is 20.5. The largest absolute Gasteiger partial charge is 0.315 e. The molecule has 0 amide bonds. The van der Waals surface area contributed by atoms with E-state index in [9.17, 15) is 13.2 Å². The Morgan fingerprint density at radius 2 is 2.06 bits per heavy atom. The SMILES string of the molecule is Cc1ccc(N(Cc2cc(=O)n3ccccc3n2)C2=N[C@@H]3CS(=O)(=O)C[C@@H]3S2)cc1Cl. The maximum atomic E-state index is 12.5. The van der Waals surface area contributed by atoms with Crippen molar-refractivity contribution in [1.82, 2.24) is 9.38 Å². The van der Waals surface area contributed by atoms with Gasteiger partial charge in [0, 0.05) is 28.2 Å². The monoisotopic (exact) mass is 474 g/mol. The molecular formula is C21H19ClN4O3S2. The normalized spacial score (nSPS) is 21.8. The van der Waals surface area contributed by atoms with E-state index in [1.54, 1.807) is 18.3 Å². The average molecular weight is 475 g/mol. The first-order chi connectivity index (χ1) is 14.8. The van der Waals surface area contributed by atoms with Crippen molar-refractivity contribution in [2.45, 2.75) is 24.8 Å². The minimum Gasteiger partial charge on any atom is -0.315 e. The second-order valence-corrected chi connectivity index (χ2v) is 11.5. The lowest BCUT2D eigenvalue weighted by atomic mass is 10.2. The molecule has 10 heteroatoms. The fourth-order valence-electron chi connectivity index (χ4n) is 3.84. The van der Waals surface area contributed by atoms with E-state index in [0.717, 1.165) is 16.4 Å². The summed E-state index contributed by atoms with van der Waals surface area (Å²) in [5, 5.41) is 1.26. The summed E-state index contributed by atoms with van der Waals surface area (Å²) in [5.74, 6) is 0.208. The fourth-order valence-corrected chi connectivity index (χ4v) is 7.79. The summed E-state index contributed by atoms with van der Waals surface area (Å²) in [5.41, 5.74) is 2.78. The molecule has 1 aromatic carbocycles. The average Bonchev–Trinajstić information content (AvgIpc) is 3.22. The summed E-state index contributed by atoms with van der Waals surface area (Å²) in [6, 6.07) is 12.4. The predicted octanol–water partition coefficient (Wildman–Crippen LogP) is 2.93. The van der Waals surface area contributed by atoms with Gasteiger partial charge in [0.2, 0.25) is 0 Å². The minimum atomic E-state index is -3.04. The zero-order valence-corrected chi connectivity index (χ0v) is 19.0. The fraction of sp³-hybridized carbons (Fsp3) is 0.286. The van der Waals surface area contributed by atoms with Gasteiger partial charge in [-0.05, 0) is 36.8 Å². The molecule has 0 bridgehead atoms. The van der Waals surface area contributed by atoms with Crippen LogP contribution in [-0.2, 0) is 16.4 Å². The molecule has 2 aromatic heterocycles. The second-order valence-electron chi connectivity index (χ2n) is 7.75. The number of pyridine rings is 1. The Kier molecular flexibility index (Phi) is 5.07. The van der Waals surface area contributed by atoms with E-state index < -0.39 is 9.84 Å². The Bertz CT molecular complexity index is 1390. The van der Waals surface area contributed by atoms with Crippen molar-refractivity contribution in [1.29, 1.82) is 0 Å². The van der Waals surface area contributed by atoms with Crippen LogP contribution in [-0.4, -0.2) is 45.8 Å². The number of anilines is 1. The Balaban J connectivity index is 1.55. The summed E-state index contributed by atoms with van der Waals surface area (Å²) in [4.78, 5) is 23.9. The number of hydrogen-bond donors (Lipinski definition) is 0. The van der Waals surface area contributed by atoms with Crippen LogP contribution in [0, 0.1) is 6.92 Å². The number of sulfone groups is 1. The van der Waals surface area contributed by atoms with Gasteiger partial charge in [-0.25, -0.2) is 13.4 Å². The van der Waals surface area contributed by atoms with Gasteiger partial charge in [-0.15, -0.1) is 0 Å². The Morgan fingerprint density at radius 1 is 1.23 bits per heavy atom. The van der Waals surface area contributed by atoms with E-state index in [0.29, 0.717) is 22.9 Å². The van der Waals surface area contributed by atoms with Crippen LogP contribution in [0.2, 0.25) is 5.02 Å². The third-order valence-electron chi connectivity index (χ3n) is 5.45. The molecule has 31 heavy (non-hydrogen) atoms. The zero-order chi connectivity index (χ0) is 21.8. The van der Waals surface area contributed by atoms with Gasteiger partial charge >= 0.3 is 0 Å². The number of nitrogens with zero attached hydrogens (tertiary/aromatic N) is 4. The molecule has 2 aliphatic rings. The van der Waals surface area contributed by atoms with Gasteiger partial charge in [0.15, 0.2) is 15.0 Å². The lowest BCUT2D eigenvalue weighted by molar-refractivity contribution is 0.601. The molecule has 1 saturated heterocycles. The molecule has 3 aromatic rings. The van der Waals surface area contributed by atoms with Crippen molar-refractivity contribution < 1.29 is 8.42 Å². The first-order valence-corrected chi connectivity index (χ1v) is 12.8. The molecule has 1 fully saturated rings. The van der Waals surface area contributed by atoms with Crippen molar-refractivity contribution in [3.8, 4) is 0 Å². The van der Waals surface area contributed by atoms with Crippen molar-refractivity contribution in [3.05, 3.63) is 75.3 Å². The quantitative estimate of drug-likeness (QED) is 0.580. The first-order valence-electron chi connectivity index (χ1n) is 9.75. The molecule has 4 heterocycles. The number of rotatable bonds is 3. The molecule has 0 N–H and O–H groups in total. The summed E-state index contributed by atoms with van der Waals surface area (Å²) < 4.78 is 25.4. The number of fused-ring (bicyclic) bond motifs is 2. The van der Waals surface area contributed by atoms with Gasteiger partial charge in [-0.1, -0.05) is 35.5 Å². The summed E-state index contributed by atoms with van der Waals surface area (Å²) >= 11 is 7.85. The van der Waals surface area contributed by atoms with Crippen LogP contribution < -0.4 is 10.5 Å². The van der Waals surface area contributed by atoms with E-state index >= 15 is 0 Å². The van der Waals surface area contributed by atoms with Gasteiger partial charge in [0.1, 0.15) is 5.65 Å². The molecule has 0 spiro atoms. The molecule has 0 unspecified atom stereocenters. The van der Waals surface area contributed by atoms with Crippen LogP contribution in [0.15, 0.2) is 58.4 Å². The highest BCUT2D eigenvalue weighted by molar-refractivity contribution is 8.15. The second kappa shape index (κ2) is 7.65. The number of aryl methyl sites for hydroxylation is 1. The third-order valence-corrected chi connectivity index (χ3v) is 9.10. The van der Waals surface area contributed by atoms with Gasteiger partial charge < -0.3 is 4.90 Å². The number of aromatic nitrogens is 2. The molecule has 0 radical (unpaired) electrons. The molecule has 7 nitrogen and oxygen atoms in total. The van der Waals surface area contributed by atoms with Crippen LogP contribution in [0.3, 0.4) is 0 Å². The maximum Gasteiger partial charge on any atom is 0.258 e. The lowest BCUT2D eigenvalue weighted by Crippen LogP contribution is -2.29. The van der Waals surface area contributed by atoms with E-state index in [2.05, 4.69) is 4.98 Å². The Labute approximate surface area is 188 Å². The zero-order valence-electron chi connectivity index (χ0n) is 16.6. The third kappa shape index (κ3) is 3.97. The topological polar surface area (TPSA) is 84.1 Å². The predicted molar refractivity (Wildman–Crippen MR) is 125 cm³/mol. The highest BCUT2D eigenvalue weighted by atomic mass is 35.5. The number of hydrogen-bond acceptors (Lipinski definition) is 7. The van der Waals surface area contributed by atoms with Crippen molar-refractivity contribution in [2.75, 3.05) is 16.4 Å². The summed E-state index contributed by atoms with van der Waals surface area (Å²) in [6.07, 6.45) is 1.69. The smallest absolute Gasteiger partial charge is 0.258 e. The van der Waals surface area contributed by atoms with Gasteiger partial charge in [0.25, 0.3) is 5.56 Å². The van der Waals surface area contributed by atoms with E-state index in [1.165, 1.54) is 22.2 Å².